The smallest absolute Gasteiger partial charge is 0.0856 e. The van der Waals surface area contributed by atoms with E-state index in [-0.39, 0.29) is 17.9 Å². The molecule has 0 radical (unpaired) electrons. The van der Waals surface area contributed by atoms with Crippen LogP contribution in [0.5, 0.6) is 0 Å². The molecule has 0 aliphatic rings. The second-order valence-corrected chi connectivity index (χ2v) is 7.86. The van der Waals surface area contributed by atoms with E-state index in [0.29, 0.717) is 19.8 Å². The minimum Gasteiger partial charge on any atom is -0.388 e. The Morgan fingerprint density at radius 3 is 1.87 bits per heavy atom. The molecule has 1 N–H and O–H groups in total. The molecular formula is C28H32O3. The van der Waals surface area contributed by atoms with E-state index >= 15 is 0 Å². The van der Waals surface area contributed by atoms with Crippen molar-refractivity contribution in [2.75, 3.05) is 6.61 Å². The lowest BCUT2D eigenvalue weighted by atomic mass is 9.82. The van der Waals surface area contributed by atoms with Crippen molar-refractivity contribution < 1.29 is 14.6 Å². The lowest BCUT2D eigenvalue weighted by Crippen LogP contribution is -2.34. The fourth-order valence-electron chi connectivity index (χ4n) is 3.75. The number of rotatable bonds is 12. The van der Waals surface area contributed by atoms with Gasteiger partial charge in [0.1, 0.15) is 0 Å². The van der Waals surface area contributed by atoms with E-state index in [1.165, 1.54) is 0 Å². The SMILES string of the molecule is C=C[C@@H]([C@H](C)[C@@H](COCc1ccccc1)OCc1ccccc1)[C@@H](O)c1ccccc1. The van der Waals surface area contributed by atoms with Crippen LogP contribution in [0.2, 0.25) is 0 Å². The fourth-order valence-corrected chi connectivity index (χ4v) is 3.75. The highest BCUT2D eigenvalue weighted by Crippen LogP contribution is 2.32. The summed E-state index contributed by atoms with van der Waals surface area (Å²) in [7, 11) is 0. The quantitative estimate of drug-likeness (QED) is 0.370. The van der Waals surface area contributed by atoms with E-state index in [0.717, 1.165) is 16.7 Å². The zero-order chi connectivity index (χ0) is 21.9. The molecule has 31 heavy (non-hydrogen) atoms. The van der Waals surface area contributed by atoms with Gasteiger partial charge in [0, 0.05) is 5.92 Å². The number of hydrogen-bond acceptors (Lipinski definition) is 3. The van der Waals surface area contributed by atoms with Gasteiger partial charge in [-0.15, -0.1) is 6.58 Å². The maximum absolute atomic E-state index is 11.0. The first-order chi connectivity index (χ1) is 15.2. The molecule has 3 aromatic rings. The van der Waals surface area contributed by atoms with Crippen molar-refractivity contribution in [2.24, 2.45) is 11.8 Å². The van der Waals surface area contributed by atoms with Crippen molar-refractivity contribution in [2.45, 2.75) is 32.3 Å². The summed E-state index contributed by atoms with van der Waals surface area (Å²) in [5, 5.41) is 11.0. The first-order valence-electron chi connectivity index (χ1n) is 10.8. The molecule has 0 amide bonds. The van der Waals surface area contributed by atoms with E-state index in [9.17, 15) is 5.11 Å². The third kappa shape index (κ3) is 6.90. The Balaban J connectivity index is 1.69. The summed E-state index contributed by atoms with van der Waals surface area (Å²) in [5.74, 6) is -0.157. The second kappa shape index (κ2) is 12.2. The van der Waals surface area contributed by atoms with Gasteiger partial charge in [-0.1, -0.05) is 104 Å². The lowest BCUT2D eigenvalue weighted by Gasteiger charge is -2.32. The zero-order valence-corrected chi connectivity index (χ0v) is 18.1. The number of aliphatic hydroxyl groups is 1. The third-order valence-electron chi connectivity index (χ3n) is 5.67. The normalized spacial score (nSPS) is 15.0. The molecule has 162 valence electrons. The highest BCUT2D eigenvalue weighted by molar-refractivity contribution is 5.20. The lowest BCUT2D eigenvalue weighted by molar-refractivity contribution is -0.0744. The van der Waals surface area contributed by atoms with E-state index in [1.54, 1.807) is 0 Å². The van der Waals surface area contributed by atoms with Crippen LogP contribution in [0.25, 0.3) is 0 Å². The van der Waals surface area contributed by atoms with Gasteiger partial charge in [-0.3, -0.25) is 0 Å². The zero-order valence-electron chi connectivity index (χ0n) is 18.1. The van der Waals surface area contributed by atoms with E-state index in [1.807, 2.05) is 72.8 Å². The van der Waals surface area contributed by atoms with Crippen LogP contribution >= 0.6 is 0 Å². The van der Waals surface area contributed by atoms with E-state index in [4.69, 9.17) is 9.47 Å². The van der Waals surface area contributed by atoms with Crippen molar-refractivity contribution in [1.29, 1.82) is 0 Å². The largest absolute Gasteiger partial charge is 0.388 e. The average Bonchev–Trinajstić information content (AvgIpc) is 2.83. The standard InChI is InChI=1S/C28H32O3/c1-3-26(28(29)25-17-11-6-12-18-25)22(2)27(31-20-24-15-9-5-10-16-24)21-30-19-23-13-7-4-8-14-23/h3-18,22,26-29H,1,19-21H2,2H3/t22-,26-,27+,28-/m0/s1. The highest BCUT2D eigenvalue weighted by atomic mass is 16.5. The van der Waals surface area contributed by atoms with Crippen molar-refractivity contribution in [3.8, 4) is 0 Å². The molecule has 0 saturated heterocycles. The summed E-state index contributed by atoms with van der Waals surface area (Å²) < 4.78 is 12.3. The minimum atomic E-state index is -0.648. The Labute approximate surface area is 186 Å². The molecule has 0 aliphatic carbocycles. The van der Waals surface area contributed by atoms with Gasteiger partial charge < -0.3 is 14.6 Å². The summed E-state index contributed by atoms with van der Waals surface area (Å²) >= 11 is 0. The van der Waals surface area contributed by atoms with Crippen LogP contribution < -0.4 is 0 Å². The molecule has 0 fully saturated rings. The monoisotopic (exact) mass is 416 g/mol. The van der Waals surface area contributed by atoms with Gasteiger partial charge >= 0.3 is 0 Å². The molecule has 0 spiro atoms. The Bertz CT molecular complexity index is 880. The predicted molar refractivity (Wildman–Crippen MR) is 125 cm³/mol. The van der Waals surface area contributed by atoms with Crippen LogP contribution in [-0.2, 0) is 22.7 Å². The summed E-state index contributed by atoms with van der Waals surface area (Å²) in [4.78, 5) is 0. The molecule has 4 atom stereocenters. The van der Waals surface area contributed by atoms with Crippen molar-refractivity contribution in [3.05, 3.63) is 120 Å². The molecule has 0 bridgehead atoms. The maximum atomic E-state index is 11.0. The molecule has 3 rings (SSSR count). The van der Waals surface area contributed by atoms with Gasteiger partial charge in [-0.25, -0.2) is 0 Å². The Morgan fingerprint density at radius 1 is 0.806 bits per heavy atom. The Hall–Kier alpha value is -2.72. The molecule has 0 saturated carbocycles. The molecule has 3 nitrogen and oxygen atoms in total. The number of hydrogen-bond donors (Lipinski definition) is 1. The molecular weight excluding hydrogens is 384 g/mol. The van der Waals surface area contributed by atoms with Crippen molar-refractivity contribution >= 4 is 0 Å². The summed E-state index contributed by atoms with van der Waals surface area (Å²) in [6.07, 6.45) is 0.995. The van der Waals surface area contributed by atoms with E-state index < -0.39 is 6.10 Å². The Morgan fingerprint density at radius 2 is 1.32 bits per heavy atom. The molecule has 0 heterocycles. The number of benzene rings is 3. The topological polar surface area (TPSA) is 38.7 Å². The van der Waals surface area contributed by atoms with Crippen LogP contribution in [0.1, 0.15) is 29.7 Å². The van der Waals surface area contributed by atoms with Gasteiger partial charge in [-0.2, -0.15) is 0 Å². The van der Waals surface area contributed by atoms with Crippen LogP contribution in [0, 0.1) is 11.8 Å². The average molecular weight is 417 g/mol. The summed E-state index contributed by atoms with van der Waals surface area (Å²) in [6.45, 7) is 7.56. The molecule has 3 heteroatoms. The number of ether oxygens (including phenoxy) is 2. The molecule has 0 aromatic heterocycles. The second-order valence-electron chi connectivity index (χ2n) is 7.86. The Kier molecular flexibility index (Phi) is 9.04. The van der Waals surface area contributed by atoms with Gasteiger partial charge in [-0.05, 0) is 22.6 Å². The van der Waals surface area contributed by atoms with Gasteiger partial charge in [0.25, 0.3) is 0 Å². The molecule has 0 aliphatic heterocycles. The molecule has 3 aromatic carbocycles. The first-order valence-corrected chi connectivity index (χ1v) is 10.8. The minimum absolute atomic E-state index is 0.00666. The van der Waals surface area contributed by atoms with Gasteiger partial charge in [0.05, 0.1) is 32.0 Å². The summed E-state index contributed by atoms with van der Waals surface area (Å²) in [5.41, 5.74) is 3.12. The van der Waals surface area contributed by atoms with Gasteiger partial charge in [0.15, 0.2) is 0 Å². The predicted octanol–water partition coefficient (Wildman–Crippen LogP) is 5.96. The van der Waals surface area contributed by atoms with E-state index in [2.05, 4.69) is 37.8 Å². The van der Waals surface area contributed by atoms with Crippen LogP contribution in [0.4, 0.5) is 0 Å². The fraction of sp³-hybridized carbons (Fsp3) is 0.286. The van der Waals surface area contributed by atoms with Crippen molar-refractivity contribution in [1.82, 2.24) is 0 Å². The molecule has 0 unspecified atom stereocenters. The highest BCUT2D eigenvalue weighted by Gasteiger charge is 2.30. The number of aliphatic hydroxyl groups excluding tert-OH is 1. The first kappa shape index (κ1) is 23.0. The van der Waals surface area contributed by atoms with Crippen LogP contribution in [0.3, 0.4) is 0 Å². The van der Waals surface area contributed by atoms with Crippen molar-refractivity contribution in [3.63, 3.8) is 0 Å². The third-order valence-corrected chi connectivity index (χ3v) is 5.67. The van der Waals surface area contributed by atoms with Crippen LogP contribution in [0.15, 0.2) is 104 Å². The van der Waals surface area contributed by atoms with Crippen LogP contribution in [-0.4, -0.2) is 17.8 Å². The maximum Gasteiger partial charge on any atom is 0.0856 e. The van der Waals surface area contributed by atoms with Gasteiger partial charge in [0.2, 0.25) is 0 Å². The summed E-state index contributed by atoms with van der Waals surface area (Å²) in [6, 6.07) is 30.0.